The number of carbonyl (C=O) groups is 2. The van der Waals surface area contributed by atoms with Crippen LogP contribution in [0.4, 0.5) is 20.0 Å². The van der Waals surface area contributed by atoms with Crippen molar-refractivity contribution in [1.82, 2.24) is 20.1 Å². The van der Waals surface area contributed by atoms with Gasteiger partial charge in [-0.15, -0.1) is 10.2 Å². The van der Waals surface area contributed by atoms with E-state index in [1.54, 1.807) is 0 Å². The second kappa shape index (κ2) is 12.6. The van der Waals surface area contributed by atoms with Gasteiger partial charge < -0.3 is 15.2 Å². The maximum Gasteiger partial charge on any atom is 0.321 e. The average Bonchev–Trinajstić information content (AvgIpc) is 3.46. The Morgan fingerprint density at radius 3 is 2.71 bits per heavy atom. The van der Waals surface area contributed by atoms with Gasteiger partial charge >= 0.3 is 6.03 Å². The summed E-state index contributed by atoms with van der Waals surface area (Å²) in [7, 11) is 0. The molecule has 9 nitrogen and oxygen atoms in total. The molecule has 2 aromatic heterocycles. The minimum absolute atomic E-state index is 0.0597. The van der Waals surface area contributed by atoms with Crippen LogP contribution in [0, 0.1) is 17.7 Å². The van der Waals surface area contributed by atoms with Crippen molar-refractivity contribution in [3.05, 3.63) is 33.4 Å². The van der Waals surface area contributed by atoms with Gasteiger partial charge in [-0.1, -0.05) is 38.0 Å². The van der Waals surface area contributed by atoms with Gasteiger partial charge in [-0.2, -0.15) is 4.39 Å². The molecule has 1 aliphatic carbocycles. The van der Waals surface area contributed by atoms with E-state index in [1.165, 1.54) is 28.2 Å². The van der Waals surface area contributed by atoms with Crippen LogP contribution in [-0.2, 0) is 17.8 Å². The number of halogens is 1. The Morgan fingerprint density at radius 1 is 1.21 bits per heavy atom. The van der Waals surface area contributed by atoms with Crippen LogP contribution in [0.1, 0.15) is 63.8 Å². The topological polar surface area (TPSA) is 118 Å². The lowest BCUT2D eigenvalue weighted by Crippen LogP contribution is -2.31. The summed E-state index contributed by atoms with van der Waals surface area (Å²) in [6.45, 7) is 4.95. The summed E-state index contributed by atoms with van der Waals surface area (Å²) in [4.78, 5) is 36.3. The van der Waals surface area contributed by atoms with Gasteiger partial charge in [0.25, 0.3) is 5.56 Å². The van der Waals surface area contributed by atoms with Gasteiger partial charge in [0, 0.05) is 32.1 Å². The summed E-state index contributed by atoms with van der Waals surface area (Å²) in [6.07, 6.45) is 8.21. The number of amides is 3. The van der Waals surface area contributed by atoms with Crippen LogP contribution in [-0.4, -0.2) is 33.2 Å². The molecule has 0 bridgehead atoms. The van der Waals surface area contributed by atoms with Crippen LogP contribution in [0.15, 0.2) is 17.1 Å². The zero-order chi connectivity index (χ0) is 24.5. The Morgan fingerprint density at radius 2 is 1.97 bits per heavy atom. The van der Waals surface area contributed by atoms with E-state index in [0.29, 0.717) is 49.3 Å². The monoisotopic (exact) mass is 492 g/mol. The van der Waals surface area contributed by atoms with Gasteiger partial charge in [-0.25, -0.2) is 4.79 Å². The first-order valence-corrected chi connectivity index (χ1v) is 12.7. The van der Waals surface area contributed by atoms with E-state index in [2.05, 4.69) is 26.1 Å². The molecule has 0 radical (unpaired) electrons. The van der Waals surface area contributed by atoms with Crippen molar-refractivity contribution in [2.75, 3.05) is 17.2 Å². The number of anilines is 2. The van der Waals surface area contributed by atoms with Gasteiger partial charge in [-0.05, 0) is 43.6 Å². The Labute approximate surface area is 202 Å². The fraction of sp³-hybridized carbons (Fsp3) is 0.609. The molecular weight excluding hydrogens is 459 g/mol. The molecule has 0 aromatic carbocycles. The molecule has 0 atom stereocenters. The van der Waals surface area contributed by atoms with Gasteiger partial charge in [0.05, 0.1) is 5.69 Å². The Hall–Kier alpha value is -2.82. The number of aromatic nitrogens is 3. The largest absolute Gasteiger partial charge is 0.338 e. The Balaban J connectivity index is 1.42. The van der Waals surface area contributed by atoms with E-state index < -0.39 is 11.4 Å². The number of nitrogens with one attached hydrogen (secondary N) is 3. The van der Waals surface area contributed by atoms with Crippen molar-refractivity contribution < 1.29 is 14.0 Å². The molecule has 3 amide bonds. The van der Waals surface area contributed by atoms with Crippen LogP contribution < -0.4 is 21.5 Å². The van der Waals surface area contributed by atoms with Crippen LogP contribution in [0.5, 0.6) is 0 Å². The maximum absolute atomic E-state index is 14.5. The Kier molecular flexibility index (Phi) is 9.55. The molecular formula is C23H33FN6O3S. The minimum Gasteiger partial charge on any atom is -0.338 e. The number of urea groups is 1. The molecule has 1 aliphatic rings. The van der Waals surface area contributed by atoms with Crippen LogP contribution in [0.25, 0.3) is 0 Å². The molecule has 2 heterocycles. The maximum atomic E-state index is 14.5. The number of nitrogens with zero attached hydrogens (tertiary/aromatic N) is 3. The van der Waals surface area contributed by atoms with E-state index in [9.17, 15) is 18.8 Å². The van der Waals surface area contributed by atoms with Crippen molar-refractivity contribution in [3.8, 4) is 0 Å². The molecule has 3 rings (SSSR count). The summed E-state index contributed by atoms with van der Waals surface area (Å²) in [6, 6.07) is 1.13. The van der Waals surface area contributed by atoms with Gasteiger partial charge in [0.15, 0.2) is 0 Å². The molecule has 1 fully saturated rings. The predicted octanol–water partition coefficient (Wildman–Crippen LogP) is 4.16. The first-order valence-electron chi connectivity index (χ1n) is 11.9. The van der Waals surface area contributed by atoms with E-state index in [0.717, 1.165) is 37.1 Å². The molecule has 0 aliphatic heterocycles. The minimum atomic E-state index is -0.933. The van der Waals surface area contributed by atoms with Crippen LogP contribution >= 0.6 is 11.3 Å². The van der Waals surface area contributed by atoms with Crippen molar-refractivity contribution >= 4 is 34.1 Å². The first-order chi connectivity index (χ1) is 16.3. The molecule has 0 spiro atoms. The second-order valence-electron chi connectivity index (χ2n) is 9.13. The predicted molar refractivity (Wildman–Crippen MR) is 131 cm³/mol. The molecule has 1 saturated carbocycles. The fourth-order valence-electron chi connectivity index (χ4n) is 3.90. The second-order valence-corrected chi connectivity index (χ2v) is 10.2. The van der Waals surface area contributed by atoms with Crippen LogP contribution in [0.3, 0.4) is 0 Å². The van der Waals surface area contributed by atoms with Crippen molar-refractivity contribution in [2.45, 2.75) is 71.8 Å². The third-order valence-electron chi connectivity index (χ3n) is 5.73. The van der Waals surface area contributed by atoms with Crippen LogP contribution in [0.2, 0.25) is 0 Å². The standard InChI is InChI=1S/C23H33FN6O3S/c1-15(2)14-25-22(33)27-23-29-28-19(34-23)9-5-6-11-30-12-10-17(20(24)21(30)32)26-18(31)13-16-7-3-4-8-16/h10,12,15-16H,3-9,11,13-14H2,1-2H3,(H,26,31)(H2,25,27,29,33). The van der Waals surface area contributed by atoms with Crippen molar-refractivity contribution in [2.24, 2.45) is 11.8 Å². The molecule has 3 N–H and O–H groups in total. The lowest BCUT2D eigenvalue weighted by atomic mass is 10.0. The van der Waals surface area contributed by atoms with E-state index in [4.69, 9.17) is 0 Å². The number of aryl methyl sites for hydroxylation is 2. The zero-order valence-electron chi connectivity index (χ0n) is 19.7. The highest BCUT2D eigenvalue weighted by atomic mass is 32.1. The van der Waals surface area contributed by atoms with Crippen molar-refractivity contribution in [3.63, 3.8) is 0 Å². The molecule has 34 heavy (non-hydrogen) atoms. The molecule has 0 unspecified atom stereocenters. The third kappa shape index (κ3) is 7.89. The lowest BCUT2D eigenvalue weighted by Gasteiger charge is -2.11. The summed E-state index contributed by atoms with van der Waals surface area (Å²) in [5.41, 5.74) is -0.802. The van der Waals surface area contributed by atoms with Gasteiger partial charge in [0.1, 0.15) is 5.01 Å². The number of hydrogen-bond acceptors (Lipinski definition) is 6. The summed E-state index contributed by atoms with van der Waals surface area (Å²) in [5.74, 6) is -0.470. The summed E-state index contributed by atoms with van der Waals surface area (Å²) < 4.78 is 15.8. The zero-order valence-corrected chi connectivity index (χ0v) is 20.5. The van der Waals surface area contributed by atoms with E-state index in [1.807, 2.05) is 13.8 Å². The number of carbonyl (C=O) groups excluding carboxylic acids is 2. The highest BCUT2D eigenvalue weighted by Gasteiger charge is 2.20. The average molecular weight is 493 g/mol. The summed E-state index contributed by atoms with van der Waals surface area (Å²) in [5, 5.41) is 17.2. The highest BCUT2D eigenvalue weighted by molar-refractivity contribution is 7.15. The van der Waals surface area contributed by atoms with Crippen molar-refractivity contribution in [1.29, 1.82) is 0 Å². The number of rotatable bonds is 11. The molecule has 11 heteroatoms. The molecule has 0 saturated heterocycles. The first kappa shape index (κ1) is 25.8. The van der Waals surface area contributed by atoms with E-state index >= 15 is 0 Å². The van der Waals surface area contributed by atoms with E-state index in [-0.39, 0.29) is 17.6 Å². The number of hydrogen-bond donors (Lipinski definition) is 3. The normalized spacial score (nSPS) is 13.9. The Bertz CT molecular complexity index is 1030. The third-order valence-corrected chi connectivity index (χ3v) is 6.63. The number of unbranched alkanes of at least 4 members (excludes halogenated alkanes) is 1. The van der Waals surface area contributed by atoms with Gasteiger partial charge in [-0.3, -0.25) is 14.9 Å². The lowest BCUT2D eigenvalue weighted by molar-refractivity contribution is -0.117. The quantitative estimate of drug-likeness (QED) is 0.407. The SMILES string of the molecule is CC(C)CNC(=O)Nc1nnc(CCCCn2ccc(NC(=O)CC3CCCC3)c(F)c2=O)s1. The molecule has 2 aromatic rings. The van der Waals surface area contributed by atoms with Gasteiger partial charge in [0.2, 0.25) is 16.9 Å². The smallest absolute Gasteiger partial charge is 0.321 e. The highest BCUT2D eigenvalue weighted by Crippen LogP contribution is 2.27. The summed E-state index contributed by atoms with van der Waals surface area (Å²) >= 11 is 1.30. The molecule has 186 valence electrons. The number of pyridine rings is 1. The fourth-order valence-corrected chi connectivity index (χ4v) is 4.68.